The van der Waals surface area contributed by atoms with Crippen molar-refractivity contribution in [2.24, 2.45) is 17.8 Å². The predicted octanol–water partition coefficient (Wildman–Crippen LogP) is 5.52. The van der Waals surface area contributed by atoms with E-state index in [1.807, 2.05) is 0 Å². The van der Waals surface area contributed by atoms with Gasteiger partial charge < -0.3 is 14.1 Å². The summed E-state index contributed by atoms with van der Waals surface area (Å²) in [5.74, 6) is 4.33. The molecule has 2 saturated carbocycles. The Morgan fingerprint density at radius 2 is 1.88 bits per heavy atom. The van der Waals surface area contributed by atoms with Crippen LogP contribution in [-0.2, 0) is 0 Å². The highest BCUT2D eigenvalue weighted by molar-refractivity contribution is 6.30. The SMILES string of the molecule is Fc1cc(OCC[C@H]2C[C@@H]2C2CCN(c3ncc(Cl)cn3)CC2)ccc1-c1nnc(C2CC2)o1. The van der Waals surface area contributed by atoms with E-state index in [2.05, 4.69) is 25.1 Å². The first-order chi connectivity index (χ1) is 16.6. The van der Waals surface area contributed by atoms with Crippen LogP contribution in [0.15, 0.2) is 35.0 Å². The highest BCUT2D eigenvalue weighted by Crippen LogP contribution is 2.50. The second-order valence-electron chi connectivity index (χ2n) is 9.68. The molecule has 3 fully saturated rings. The largest absolute Gasteiger partial charge is 0.493 e. The predicted molar refractivity (Wildman–Crippen MR) is 125 cm³/mol. The smallest absolute Gasteiger partial charge is 0.250 e. The average Bonchev–Trinajstić information content (AvgIpc) is 3.78. The fraction of sp³-hybridized carbons (Fsp3) is 0.520. The van der Waals surface area contributed by atoms with Gasteiger partial charge in [0.2, 0.25) is 11.8 Å². The topological polar surface area (TPSA) is 77.2 Å². The summed E-state index contributed by atoms with van der Waals surface area (Å²) in [6.45, 7) is 2.57. The maximum absolute atomic E-state index is 14.6. The number of ether oxygens (including phenoxy) is 1. The molecule has 2 atom stereocenters. The maximum atomic E-state index is 14.6. The normalized spacial score (nSPS) is 22.7. The molecule has 2 aromatic heterocycles. The maximum Gasteiger partial charge on any atom is 0.250 e. The van der Waals surface area contributed by atoms with E-state index >= 15 is 0 Å². The van der Waals surface area contributed by atoms with Crippen molar-refractivity contribution in [3.8, 4) is 17.2 Å². The number of hydrogen-bond donors (Lipinski definition) is 0. The van der Waals surface area contributed by atoms with E-state index in [4.69, 9.17) is 20.8 Å². The number of anilines is 1. The van der Waals surface area contributed by atoms with E-state index in [1.54, 1.807) is 24.5 Å². The lowest BCUT2D eigenvalue weighted by atomic mass is 9.90. The Balaban J connectivity index is 0.951. The first-order valence-electron chi connectivity index (χ1n) is 12.1. The fourth-order valence-corrected chi connectivity index (χ4v) is 5.20. The molecule has 6 rings (SSSR count). The van der Waals surface area contributed by atoms with Crippen molar-refractivity contribution in [2.45, 2.75) is 44.4 Å². The first kappa shape index (κ1) is 21.8. The molecule has 0 bridgehead atoms. The van der Waals surface area contributed by atoms with Gasteiger partial charge in [-0.15, -0.1) is 10.2 Å². The molecule has 2 aliphatic carbocycles. The van der Waals surface area contributed by atoms with Gasteiger partial charge in [0.1, 0.15) is 11.6 Å². The summed E-state index contributed by atoms with van der Waals surface area (Å²) < 4.78 is 26.1. The first-order valence-corrected chi connectivity index (χ1v) is 12.5. The lowest BCUT2D eigenvalue weighted by molar-refractivity contribution is 0.283. The molecule has 1 aromatic carbocycles. The van der Waals surface area contributed by atoms with Gasteiger partial charge in [0.25, 0.3) is 5.89 Å². The highest BCUT2D eigenvalue weighted by atomic mass is 35.5. The fourth-order valence-electron chi connectivity index (χ4n) is 5.10. The van der Waals surface area contributed by atoms with E-state index in [9.17, 15) is 4.39 Å². The van der Waals surface area contributed by atoms with Crippen molar-refractivity contribution in [1.82, 2.24) is 20.2 Å². The molecule has 3 heterocycles. The van der Waals surface area contributed by atoms with E-state index in [0.717, 1.165) is 50.1 Å². The molecule has 1 saturated heterocycles. The molecule has 3 aromatic rings. The Hall–Kier alpha value is -2.74. The summed E-state index contributed by atoms with van der Waals surface area (Å²) in [6, 6.07) is 4.85. The van der Waals surface area contributed by atoms with Crippen molar-refractivity contribution in [2.75, 3.05) is 24.6 Å². The van der Waals surface area contributed by atoms with Crippen molar-refractivity contribution < 1.29 is 13.5 Å². The lowest BCUT2D eigenvalue weighted by Gasteiger charge is -2.32. The Morgan fingerprint density at radius 3 is 2.62 bits per heavy atom. The molecule has 3 aliphatic rings. The van der Waals surface area contributed by atoms with Gasteiger partial charge in [-0.05, 0) is 68.4 Å². The quantitative estimate of drug-likeness (QED) is 0.417. The number of rotatable bonds is 8. The van der Waals surface area contributed by atoms with E-state index < -0.39 is 5.82 Å². The van der Waals surface area contributed by atoms with Crippen molar-refractivity contribution in [3.05, 3.63) is 47.3 Å². The second-order valence-corrected chi connectivity index (χ2v) is 10.1. The van der Waals surface area contributed by atoms with Crippen LogP contribution in [0.2, 0.25) is 5.02 Å². The number of piperidine rings is 1. The van der Waals surface area contributed by atoms with Crippen LogP contribution in [0, 0.1) is 23.6 Å². The molecule has 178 valence electrons. The molecular weight excluding hydrogens is 457 g/mol. The molecule has 0 N–H and O–H groups in total. The monoisotopic (exact) mass is 483 g/mol. The summed E-state index contributed by atoms with van der Waals surface area (Å²) in [4.78, 5) is 10.9. The van der Waals surface area contributed by atoms with Gasteiger partial charge in [-0.1, -0.05) is 11.6 Å². The number of benzene rings is 1. The number of nitrogens with zero attached hydrogens (tertiary/aromatic N) is 5. The van der Waals surface area contributed by atoms with E-state index in [0.29, 0.717) is 40.7 Å². The third-order valence-electron chi connectivity index (χ3n) is 7.31. The van der Waals surface area contributed by atoms with Gasteiger partial charge in [0.15, 0.2) is 0 Å². The minimum absolute atomic E-state index is 0.237. The second kappa shape index (κ2) is 9.13. The molecule has 1 aliphatic heterocycles. The molecule has 9 heteroatoms. The Kier molecular flexibility index (Phi) is 5.85. The lowest BCUT2D eigenvalue weighted by Crippen LogP contribution is -2.35. The molecule has 0 unspecified atom stereocenters. The average molecular weight is 484 g/mol. The number of halogens is 2. The van der Waals surface area contributed by atoms with Crippen LogP contribution in [0.5, 0.6) is 5.75 Å². The third kappa shape index (κ3) is 4.73. The summed E-state index contributed by atoms with van der Waals surface area (Å²) in [7, 11) is 0. The molecule has 7 nitrogen and oxygen atoms in total. The third-order valence-corrected chi connectivity index (χ3v) is 7.50. The van der Waals surface area contributed by atoms with Crippen molar-refractivity contribution in [3.63, 3.8) is 0 Å². The van der Waals surface area contributed by atoms with Crippen LogP contribution in [0.25, 0.3) is 11.5 Å². The Morgan fingerprint density at radius 1 is 1.09 bits per heavy atom. The summed E-state index contributed by atoms with van der Waals surface area (Å²) in [5.41, 5.74) is 0.323. The zero-order valence-corrected chi connectivity index (χ0v) is 19.6. The van der Waals surface area contributed by atoms with Crippen LogP contribution in [0.1, 0.15) is 50.3 Å². The Labute approximate surface area is 202 Å². The minimum Gasteiger partial charge on any atom is -0.493 e. The summed E-state index contributed by atoms with van der Waals surface area (Å²) in [5, 5.41) is 8.60. The van der Waals surface area contributed by atoms with Crippen LogP contribution in [0.4, 0.5) is 10.3 Å². The van der Waals surface area contributed by atoms with Gasteiger partial charge in [-0.2, -0.15) is 0 Å². The van der Waals surface area contributed by atoms with Gasteiger partial charge in [0.05, 0.1) is 29.6 Å². The van der Waals surface area contributed by atoms with Crippen LogP contribution < -0.4 is 9.64 Å². The van der Waals surface area contributed by atoms with Gasteiger partial charge in [-0.25, -0.2) is 14.4 Å². The zero-order valence-electron chi connectivity index (χ0n) is 18.9. The molecule has 0 amide bonds. The zero-order chi connectivity index (χ0) is 23.1. The standard InChI is InChI=1S/C25H27ClFN5O2/c26-18-13-28-25(29-14-18)32-8-5-15(6-9-32)21-11-17(21)7-10-33-19-3-4-20(22(27)12-19)24-31-30-23(34-24)16-1-2-16/h3-4,12-17,21H,1-2,5-11H2/t17-,21+/m0/s1. The van der Waals surface area contributed by atoms with E-state index in [1.165, 1.54) is 25.3 Å². The number of hydrogen-bond acceptors (Lipinski definition) is 7. The summed E-state index contributed by atoms with van der Waals surface area (Å²) >= 11 is 5.89. The van der Waals surface area contributed by atoms with Crippen LogP contribution in [-0.4, -0.2) is 39.9 Å². The van der Waals surface area contributed by atoms with Gasteiger partial charge >= 0.3 is 0 Å². The highest BCUT2D eigenvalue weighted by Gasteiger charge is 2.43. The Bertz CT molecular complexity index is 1140. The van der Waals surface area contributed by atoms with Crippen LogP contribution in [0.3, 0.4) is 0 Å². The van der Waals surface area contributed by atoms with Crippen LogP contribution >= 0.6 is 11.6 Å². The van der Waals surface area contributed by atoms with Gasteiger partial charge in [-0.3, -0.25) is 0 Å². The van der Waals surface area contributed by atoms with Gasteiger partial charge in [0, 0.05) is 25.1 Å². The number of aromatic nitrogens is 4. The summed E-state index contributed by atoms with van der Waals surface area (Å²) in [6.07, 6.45) is 10.0. The molecule has 0 radical (unpaired) electrons. The van der Waals surface area contributed by atoms with Crippen molar-refractivity contribution >= 4 is 17.5 Å². The minimum atomic E-state index is -0.399. The molecule has 0 spiro atoms. The molecule has 34 heavy (non-hydrogen) atoms. The van der Waals surface area contributed by atoms with Crippen molar-refractivity contribution in [1.29, 1.82) is 0 Å². The molecular formula is C25H27ClFN5O2. The van der Waals surface area contributed by atoms with E-state index in [-0.39, 0.29) is 5.89 Å².